The average Bonchev–Trinajstić information content (AvgIpc) is 2.44. The number of hydrogen-bond donors (Lipinski definition) is 2. The summed E-state index contributed by atoms with van der Waals surface area (Å²) in [5.74, 6) is -0.202. The summed E-state index contributed by atoms with van der Waals surface area (Å²) in [5.41, 5.74) is 0.477. The first-order valence-electron chi connectivity index (χ1n) is 6.89. The highest BCUT2D eigenvalue weighted by atomic mass is 35.5. The maximum atomic E-state index is 12.2. The molecular formula is C16H21ClN2O2. The van der Waals surface area contributed by atoms with Gasteiger partial charge in [-0.1, -0.05) is 31.5 Å². The third kappa shape index (κ3) is 6.00. The highest BCUT2D eigenvalue weighted by Crippen LogP contribution is 2.11. The first-order valence-corrected chi connectivity index (χ1v) is 7.27. The summed E-state index contributed by atoms with van der Waals surface area (Å²) in [6.45, 7) is 7.94. The van der Waals surface area contributed by atoms with Gasteiger partial charge >= 0.3 is 0 Å². The molecule has 0 heterocycles. The van der Waals surface area contributed by atoms with Gasteiger partial charge in [-0.05, 0) is 36.6 Å². The van der Waals surface area contributed by atoms with Crippen molar-refractivity contribution >= 4 is 23.4 Å². The van der Waals surface area contributed by atoms with E-state index in [4.69, 9.17) is 11.6 Å². The molecule has 0 radical (unpaired) electrons. The number of benzene rings is 1. The molecule has 5 heteroatoms. The Morgan fingerprint density at radius 2 is 1.90 bits per heavy atom. The van der Waals surface area contributed by atoms with Crippen LogP contribution in [0, 0.1) is 5.92 Å². The zero-order chi connectivity index (χ0) is 15.8. The van der Waals surface area contributed by atoms with Crippen molar-refractivity contribution in [2.75, 3.05) is 6.54 Å². The normalized spacial score (nSPS) is 11.8. The van der Waals surface area contributed by atoms with E-state index in [1.807, 2.05) is 13.8 Å². The molecule has 2 N–H and O–H groups in total. The number of amides is 2. The van der Waals surface area contributed by atoms with Gasteiger partial charge in [-0.2, -0.15) is 0 Å². The molecule has 114 valence electrons. The Hall–Kier alpha value is -1.81. The molecule has 1 aromatic rings. The second-order valence-electron chi connectivity index (χ2n) is 5.20. The van der Waals surface area contributed by atoms with Crippen molar-refractivity contribution in [2.24, 2.45) is 5.92 Å². The summed E-state index contributed by atoms with van der Waals surface area (Å²) in [5, 5.41) is 6.04. The number of halogens is 1. The third-order valence-electron chi connectivity index (χ3n) is 2.86. The Kier molecular flexibility index (Phi) is 6.96. The zero-order valence-electron chi connectivity index (χ0n) is 12.4. The Labute approximate surface area is 130 Å². The van der Waals surface area contributed by atoms with E-state index in [0.717, 1.165) is 0 Å². The van der Waals surface area contributed by atoms with Crippen LogP contribution in [0.5, 0.6) is 0 Å². The van der Waals surface area contributed by atoms with Gasteiger partial charge in [0.15, 0.2) is 0 Å². The Bertz CT molecular complexity index is 498. The molecule has 0 aliphatic rings. The Balaban J connectivity index is 2.75. The van der Waals surface area contributed by atoms with E-state index < -0.39 is 6.04 Å². The molecule has 1 atom stereocenters. The fourth-order valence-corrected chi connectivity index (χ4v) is 1.97. The largest absolute Gasteiger partial charge is 0.351 e. The molecule has 21 heavy (non-hydrogen) atoms. The molecule has 0 aliphatic heterocycles. The standard InChI is InChI=1S/C16H21ClN2O2/c1-4-9-18-16(21)14(10-11(2)3)19-15(20)12-5-7-13(17)8-6-12/h4-8,11,14H,1,9-10H2,2-3H3,(H,18,21)(H,19,20). The summed E-state index contributed by atoms with van der Waals surface area (Å²) in [4.78, 5) is 24.2. The van der Waals surface area contributed by atoms with Crippen molar-refractivity contribution in [3.63, 3.8) is 0 Å². The van der Waals surface area contributed by atoms with Gasteiger partial charge in [0.2, 0.25) is 5.91 Å². The average molecular weight is 309 g/mol. The smallest absolute Gasteiger partial charge is 0.251 e. The predicted octanol–water partition coefficient (Wildman–Crippen LogP) is 2.79. The van der Waals surface area contributed by atoms with Crippen LogP contribution in [-0.2, 0) is 4.79 Å². The zero-order valence-corrected chi connectivity index (χ0v) is 13.1. The van der Waals surface area contributed by atoms with Crippen LogP contribution >= 0.6 is 11.6 Å². The number of carbonyl (C=O) groups excluding carboxylic acids is 2. The lowest BCUT2D eigenvalue weighted by molar-refractivity contribution is -0.123. The summed E-state index contributed by atoms with van der Waals surface area (Å²) >= 11 is 5.79. The first kappa shape index (κ1) is 17.2. The van der Waals surface area contributed by atoms with E-state index in [0.29, 0.717) is 23.6 Å². The maximum absolute atomic E-state index is 12.2. The van der Waals surface area contributed by atoms with Crippen LogP contribution in [0.4, 0.5) is 0 Å². The molecule has 0 spiro atoms. The van der Waals surface area contributed by atoms with Gasteiger partial charge < -0.3 is 10.6 Å². The maximum Gasteiger partial charge on any atom is 0.251 e. The minimum atomic E-state index is -0.562. The van der Waals surface area contributed by atoms with Gasteiger partial charge in [-0.3, -0.25) is 9.59 Å². The highest BCUT2D eigenvalue weighted by Gasteiger charge is 2.21. The van der Waals surface area contributed by atoms with Gasteiger partial charge in [-0.15, -0.1) is 6.58 Å². The molecular weight excluding hydrogens is 288 g/mol. The van der Waals surface area contributed by atoms with Crippen molar-refractivity contribution in [1.29, 1.82) is 0 Å². The SMILES string of the molecule is C=CCNC(=O)C(CC(C)C)NC(=O)c1ccc(Cl)cc1. The van der Waals surface area contributed by atoms with Crippen LogP contribution in [0.15, 0.2) is 36.9 Å². The van der Waals surface area contributed by atoms with E-state index in [1.54, 1.807) is 30.3 Å². The molecule has 1 rings (SSSR count). The van der Waals surface area contributed by atoms with Crippen LogP contribution in [0.1, 0.15) is 30.6 Å². The van der Waals surface area contributed by atoms with Crippen molar-refractivity contribution < 1.29 is 9.59 Å². The Morgan fingerprint density at radius 1 is 1.29 bits per heavy atom. The first-order chi connectivity index (χ1) is 9.93. The van der Waals surface area contributed by atoms with E-state index in [2.05, 4.69) is 17.2 Å². The second-order valence-corrected chi connectivity index (χ2v) is 5.63. The molecule has 0 aliphatic carbocycles. The Morgan fingerprint density at radius 3 is 2.43 bits per heavy atom. The van der Waals surface area contributed by atoms with Crippen molar-refractivity contribution in [2.45, 2.75) is 26.3 Å². The van der Waals surface area contributed by atoms with Crippen LogP contribution in [0.25, 0.3) is 0 Å². The second kappa shape index (κ2) is 8.47. The van der Waals surface area contributed by atoms with Gasteiger partial charge in [0.1, 0.15) is 6.04 Å². The van der Waals surface area contributed by atoms with Crippen molar-refractivity contribution in [3.05, 3.63) is 47.5 Å². The topological polar surface area (TPSA) is 58.2 Å². The van der Waals surface area contributed by atoms with Gasteiger partial charge in [-0.25, -0.2) is 0 Å². The number of hydrogen-bond acceptors (Lipinski definition) is 2. The van der Waals surface area contributed by atoms with Gasteiger partial charge in [0, 0.05) is 17.1 Å². The molecule has 1 unspecified atom stereocenters. The lowest BCUT2D eigenvalue weighted by atomic mass is 10.0. The predicted molar refractivity (Wildman–Crippen MR) is 85.4 cm³/mol. The number of nitrogens with one attached hydrogen (secondary N) is 2. The minimum Gasteiger partial charge on any atom is -0.351 e. The van der Waals surface area contributed by atoms with E-state index in [9.17, 15) is 9.59 Å². The molecule has 0 bridgehead atoms. The number of carbonyl (C=O) groups is 2. The van der Waals surface area contributed by atoms with Crippen LogP contribution < -0.4 is 10.6 Å². The fraction of sp³-hybridized carbons (Fsp3) is 0.375. The molecule has 0 fully saturated rings. The molecule has 4 nitrogen and oxygen atoms in total. The quantitative estimate of drug-likeness (QED) is 0.761. The van der Waals surface area contributed by atoms with Crippen LogP contribution in [0.3, 0.4) is 0 Å². The highest BCUT2D eigenvalue weighted by molar-refractivity contribution is 6.30. The van der Waals surface area contributed by atoms with Crippen molar-refractivity contribution in [1.82, 2.24) is 10.6 Å². The summed E-state index contributed by atoms with van der Waals surface area (Å²) in [7, 11) is 0. The molecule has 0 aromatic heterocycles. The van der Waals surface area contributed by atoms with E-state index in [-0.39, 0.29) is 17.7 Å². The van der Waals surface area contributed by atoms with Crippen molar-refractivity contribution in [3.8, 4) is 0 Å². The number of rotatable bonds is 7. The van der Waals surface area contributed by atoms with E-state index >= 15 is 0 Å². The molecule has 2 amide bonds. The monoisotopic (exact) mass is 308 g/mol. The third-order valence-corrected chi connectivity index (χ3v) is 3.11. The summed E-state index contributed by atoms with van der Waals surface area (Å²) < 4.78 is 0. The lowest BCUT2D eigenvalue weighted by Crippen LogP contribution is -2.47. The van der Waals surface area contributed by atoms with Gasteiger partial charge in [0.05, 0.1) is 0 Å². The molecule has 0 saturated carbocycles. The summed E-state index contributed by atoms with van der Waals surface area (Å²) in [6, 6.07) is 5.99. The molecule has 1 aromatic carbocycles. The minimum absolute atomic E-state index is 0.203. The molecule has 0 saturated heterocycles. The summed E-state index contributed by atoms with van der Waals surface area (Å²) in [6.07, 6.45) is 2.17. The van der Waals surface area contributed by atoms with Gasteiger partial charge in [0.25, 0.3) is 5.91 Å². The van der Waals surface area contributed by atoms with E-state index in [1.165, 1.54) is 0 Å². The van der Waals surface area contributed by atoms with Crippen LogP contribution in [0.2, 0.25) is 5.02 Å². The van der Waals surface area contributed by atoms with Crippen LogP contribution in [-0.4, -0.2) is 24.4 Å². The fourth-order valence-electron chi connectivity index (χ4n) is 1.84. The lowest BCUT2D eigenvalue weighted by Gasteiger charge is -2.20.